The number of carboxylic acids is 1. The summed E-state index contributed by atoms with van der Waals surface area (Å²) in [6.45, 7) is 3.68. The summed E-state index contributed by atoms with van der Waals surface area (Å²) in [5, 5.41) is 24.5. The molecule has 0 radical (unpaired) electrons. The molecule has 1 amide bonds. The molecule has 0 aromatic heterocycles. The number of hydrogen-bond donors (Lipinski definition) is 3. The number of amides is 1. The first-order chi connectivity index (χ1) is 19.0. The Bertz CT molecular complexity index is 1710. The van der Waals surface area contributed by atoms with Crippen molar-refractivity contribution in [2.24, 2.45) is 5.10 Å². The monoisotopic (exact) mass is 545 g/mol. The summed E-state index contributed by atoms with van der Waals surface area (Å²) in [7, 11) is 0. The van der Waals surface area contributed by atoms with Crippen LogP contribution in [-0.2, 0) is 11.0 Å². The number of aromatic hydroxyl groups is 1. The molecule has 4 aromatic rings. The molecule has 0 saturated heterocycles. The van der Waals surface area contributed by atoms with Crippen LogP contribution in [0, 0.1) is 13.8 Å². The van der Waals surface area contributed by atoms with Crippen LogP contribution in [0.2, 0.25) is 0 Å². The number of alkyl halides is 3. The van der Waals surface area contributed by atoms with E-state index in [0.29, 0.717) is 22.4 Å². The zero-order valence-electron chi connectivity index (χ0n) is 21.2. The molecule has 0 atom stereocenters. The summed E-state index contributed by atoms with van der Waals surface area (Å²) in [5.41, 5.74) is 5.29. The highest BCUT2D eigenvalue weighted by molar-refractivity contribution is 6.55. The highest BCUT2D eigenvalue weighted by Crippen LogP contribution is 2.40. The lowest BCUT2D eigenvalue weighted by molar-refractivity contribution is -0.137. The predicted octanol–water partition coefficient (Wildman–Crippen LogP) is 6.89. The van der Waals surface area contributed by atoms with Crippen LogP contribution < -0.4 is 10.3 Å². The van der Waals surface area contributed by atoms with E-state index in [1.807, 2.05) is 13.8 Å². The maximum Gasteiger partial charge on any atom is 0.416 e. The first-order valence-corrected chi connectivity index (χ1v) is 12.1. The molecule has 202 valence electrons. The SMILES string of the molecule is Cc1cc2c(cc1C)N(c1cccc(C(F)(F)F)c1)C(=O)C2=NNc1cccc(-c2cccc(C(=O)O)c2)c1O. The van der Waals surface area contributed by atoms with Gasteiger partial charge in [0, 0.05) is 16.8 Å². The normalized spacial score (nSPS) is 14.0. The summed E-state index contributed by atoms with van der Waals surface area (Å²) in [4.78, 5) is 26.2. The third kappa shape index (κ3) is 4.75. The van der Waals surface area contributed by atoms with Crippen LogP contribution >= 0.6 is 0 Å². The highest BCUT2D eigenvalue weighted by Gasteiger charge is 2.37. The smallest absolute Gasteiger partial charge is 0.416 e. The van der Waals surface area contributed by atoms with Crippen LogP contribution in [0.15, 0.2) is 84.0 Å². The second-order valence-electron chi connectivity index (χ2n) is 9.30. The Morgan fingerprint density at radius 1 is 0.900 bits per heavy atom. The minimum absolute atomic E-state index is 0.0395. The summed E-state index contributed by atoms with van der Waals surface area (Å²) in [6, 6.07) is 18.8. The van der Waals surface area contributed by atoms with E-state index in [1.165, 1.54) is 35.2 Å². The zero-order valence-corrected chi connectivity index (χ0v) is 21.2. The van der Waals surface area contributed by atoms with Gasteiger partial charge in [-0.1, -0.05) is 30.3 Å². The van der Waals surface area contributed by atoms with Crippen LogP contribution in [0.25, 0.3) is 11.1 Å². The predicted molar refractivity (Wildman–Crippen MR) is 145 cm³/mol. The number of hydrazone groups is 1. The average molecular weight is 546 g/mol. The van der Waals surface area contributed by atoms with E-state index < -0.39 is 23.6 Å². The molecule has 7 nitrogen and oxygen atoms in total. The van der Waals surface area contributed by atoms with Gasteiger partial charge in [-0.3, -0.25) is 15.1 Å². The highest BCUT2D eigenvalue weighted by atomic mass is 19.4. The van der Waals surface area contributed by atoms with Crippen molar-refractivity contribution in [2.75, 3.05) is 10.3 Å². The molecule has 1 aliphatic heterocycles. The number of anilines is 3. The Labute approximate surface area is 226 Å². The van der Waals surface area contributed by atoms with Gasteiger partial charge in [0.15, 0.2) is 5.71 Å². The molecule has 10 heteroatoms. The molecule has 40 heavy (non-hydrogen) atoms. The van der Waals surface area contributed by atoms with Crippen LogP contribution in [0.4, 0.5) is 30.2 Å². The standard InChI is InChI=1S/C30H22F3N3O4/c1-16-12-23-25(13-17(16)2)36(21-9-4-8-20(15-21)30(31,32)33)28(38)26(23)35-34-24-11-5-10-22(27(24)37)18-6-3-7-19(14-18)29(39)40/h3-15,34,37H,1-2H3,(H,39,40). The molecule has 1 heterocycles. The topological polar surface area (TPSA) is 102 Å². The average Bonchev–Trinajstić information content (AvgIpc) is 3.17. The van der Waals surface area contributed by atoms with Gasteiger partial charge in [-0.2, -0.15) is 18.3 Å². The number of fused-ring (bicyclic) bond motifs is 1. The Morgan fingerprint density at radius 3 is 2.33 bits per heavy atom. The van der Waals surface area contributed by atoms with Crippen molar-refractivity contribution in [1.29, 1.82) is 0 Å². The molecule has 1 aliphatic rings. The third-order valence-electron chi connectivity index (χ3n) is 6.69. The maximum atomic E-state index is 13.6. The number of halogens is 3. The lowest BCUT2D eigenvalue weighted by atomic mass is 10.0. The van der Waals surface area contributed by atoms with Crippen molar-refractivity contribution in [2.45, 2.75) is 20.0 Å². The number of aryl methyl sites for hydroxylation is 2. The second-order valence-corrected chi connectivity index (χ2v) is 9.30. The molecule has 0 bridgehead atoms. The number of rotatable bonds is 5. The van der Waals surface area contributed by atoms with Gasteiger partial charge < -0.3 is 10.2 Å². The number of phenolic OH excluding ortho intramolecular Hbond substituents is 1. The second kappa shape index (κ2) is 9.88. The van der Waals surface area contributed by atoms with Gasteiger partial charge in [0.1, 0.15) is 5.75 Å². The quantitative estimate of drug-likeness (QED) is 0.187. The molecule has 0 spiro atoms. The number of carbonyl (C=O) groups excluding carboxylic acids is 1. The number of para-hydroxylation sites is 1. The number of aromatic carboxylic acids is 1. The van der Waals surface area contributed by atoms with Gasteiger partial charge in [-0.25, -0.2) is 4.79 Å². The van der Waals surface area contributed by atoms with E-state index in [1.54, 1.807) is 36.4 Å². The number of nitrogens with zero attached hydrogens (tertiary/aromatic N) is 2. The van der Waals surface area contributed by atoms with Crippen LogP contribution in [0.5, 0.6) is 5.75 Å². The summed E-state index contributed by atoms with van der Waals surface area (Å²) < 4.78 is 40.2. The fourth-order valence-electron chi connectivity index (χ4n) is 4.49. The first kappa shape index (κ1) is 26.5. The van der Waals surface area contributed by atoms with E-state index in [2.05, 4.69) is 10.5 Å². The molecule has 0 saturated carbocycles. The minimum atomic E-state index is -4.59. The van der Waals surface area contributed by atoms with Crippen LogP contribution in [-0.4, -0.2) is 27.8 Å². The lowest BCUT2D eigenvalue weighted by Gasteiger charge is -2.19. The third-order valence-corrected chi connectivity index (χ3v) is 6.69. The molecular weight excluding hydrogens is 523 g/mol. The van der Waals surface area contributed by atoms with E-state index in [4.69, 9.17) is 0 Å². The summed E-state index contributed by atoms with van der Waals surface area (Å²) >= 11 is 0. The number of benzene rings is 4. The van der Waals surface area contributed by atoms with Gasteiger partial charge in [0.05, 0.1) is 22.5 Å². The van der Waals surface area contributed by atoms with Gasteiger partial charge in [-0.05, 0) is 79.1 Å². The largest absolute Gasteiger partial charge is 0.505 e. The first-order valence-electron chi connectivity index (χ1n) is 12.1. The molecule has 5 rings (SSSR count). The Morgan fingerprint density at radius 2 is 1.60 bits per heavy atom. The molecule has 3 N–H and O–H groups in total. The van der Waals surface area contributed by atoms with E-state index in [9.17, 15) is 33.0 Å². The van der Waals surface area contributed by atoms with Crippen molar-refractivity contribution >= 4 is 34.7 Å². The van der Waals surface area contributed by atoms with Crippen molar-refractivity contribution < 1.29 is 33.0 Å². The van der Waals surface area contributed by atoms with Crippen molar-refractivity contribution in [3.8, 4) is 16.9 Å². The number of carbonyl (C=O) groups is 2. The number of hydrogen-bond acceptors (Lipinski definition) is 5. The molecular formula is C30H22F3N3O4. The molecule has 0 aliphatic carbocycles. The van der Waals surface area contributed by atoms with E-state index >= 15 is 0 Å². The maximum absolute atomic E-state index is 13.6. The van der Waals surface area contributed by atoms with Crippen LogP contribution in [0.3, 0.4) is 0 Å². The Balaban J connectivity index is 1.55. The summed E-state index contributed by atoms with van der Waals surface area (Å²) in [5.74, 6) is -1.98. The van der Waals surface area contributed by atoms with Crippen molar-refractivity contribution in [3.63, 3.8) is 0 Å². The minimum Gasteiger partial charge on any atom is -0.505 e. The molecule has 0 unspecified atom stereocenters. The number of carboxylic acid groups (broad SMARTS) is 1. The van der Waals surface area contributed by atoms with Crippen LogP contribution in [0.1, 0.15) is 32.6 Å². The van der Waals surface area contributed by atoms with Crippen molar-refractivity contribution in [1.82, 2.24) is 0 Å². The lowest BCUT2D eigenvalue weighted by Crippen LogP contribution is -2.26. The summed E-state index contributed by atoms with van der Waals surface area (Å²) in [6.07, 6.45) is -4.59. The number of phenols is 1. The molecule has 4 aromatic carbocycles. The fraction of sp³-hybridized carbons (Fsp3) is 0.100. The van der Waals surface area contributed by atoms with Crippen molar-refractivity contribution in [3.05, 3.63) is 107 Å². The van der Waals surface area contributed by atoms with Gasteiger partial charge >= 0.3 is 12.1 Å². The van der Waals surface area contributed by atoms with E-state index in [0.717, 1.165) is 23.3 Å². The number of nitrogens with one attached hydrogen (secondary N) is 1. The Hall–Kier alpha value is -5.12. The van der Waals surface area contributed by atoms with Gasteiger partial charge in [0.25, 0.3) is 5.91 Å². The van der Waals surface area contributed by atoms with Gasteiger partial charge in [0.2, 0.25) is 0 Å². The molecule has 0 fully saturated rings. The fourth-order valence-corrected chi connectivity index (χ4v) is 4.49. The Kier molecular flexibility index (Phi) is 6.54. The van der Waals surface area contributed by atoms with E-state index in [-0.39, 0.29) is 28.4 Å². The zero-order chi connectivity index (χ0) is 28.8. The van der Waals surface area contributed by atoms with Gasteiger partial charge in [-0.15, -0.1) is 0 Å².